The van der Waals surface area contributed by atoms with Gasteiger partial charge < -0.3 is 10.4 Å². The first-order valence-electron chi connectivity index (χ1n) is 8.00. The molecule has 0 saturated heterocycles. The zero-order chi connectivity index (χ0) is 17.3. The molecular formula is C16H20N2O5S. The van der Waals surface area contributed by atoms with E-state index in [0.717, 1.165) is 25.7 Å². The third-order valence-electron chi connectivity index (χ3n) is 4.31. The van der Waals surface area contributed by atoms with Gasteiger partial charge in [0.2, 0.25) is 10.0 Å². The molecule has 2 saturated carbocycles. The SMILES string of the molecule is O=C(NC(C(=O)O)C1CC1)c1cccc(S(=O)(=O)NCC2CC2)c1. The van der Waals surface area contributed by atoms with Gasteiger partial charge in [-0.3, -0.25) is 4.79 Å². The molecule has 1 unspecified atom stereocenters. The number of carboxylic acids is 1. The first-order chi connectivity index (χ1) is 11.4. The van der Waals surface area contributed by atoms with Crippen molar-refractivity contribution in [3.05, 3.63) is 29.8 Å². The average molecular weight is 352 g/mol. The Hall–Kier alpha value is -1.93. The Morgan fingerprint density at radius 2 is 1.92 bits per heavy atom. The van der Waals surface area contributed by atoms with Crippen LogP contribution in [0.15, 0.2) is 29.2 Å². The van der Waals surface area contributed by atoms with Gasteiger partial charge in [0.05, 0.1) is 4.90 Å². The van der Waals surface area contributed by atoms with E-state index in [0.29, 0.717) is 12.5 Å². The van der Waals surface area contributed by atoms with Crippen LogP contribution in [0.4, 0.5) is 0 Å². The highest BCUT2D eigenvalue weighted by Gasteiger charge is 2.37. The van der Waals surface area contributed by atoms with Crippen molar-refractivity contribution in [3.63, 3.8) is 0 Å². The lowest BCUT2D eigenvalue weighted by molar-refractivity contribution is -0.139. The molecule has 1 amide bonds. The molecule has 1 aromatic carbocycles. The third-order valence-corrected chi connectivity index (χ3v) is 5.73. The highest BCUT2D eigenvalue weighted by Crippen LogP contribution is 2.33. The molecule has 2 aliphatic rings. The highest BCUT2D eigenvalue weighted by molar-refractivity contribution is 7.89. The van der Waals surface area contributed by atoms with Crippen LogP contribution in [0, 0.1) is 11.8 Å². The van der Waals surface area contributed by atoms with Crippen molar-refractivity contribution in [2.24, 2.45) is 11.8 Å². The molecule has 0 bridgehead atoms. The van der Waals surface area contributed by atoms with Crippen LogP contribution in [0.2, 0.25) is 0 Å². The molecule has 2 aliphatic carbocycles. The number of benzene rings is 1. The number of aliphatic carboxylic acids is 1. The number of sulfonamides is 1. The topological polar surface area (TPSA) is 113 Å². The zero-order valence-electron chi connectivity index (χ0n) is 13.1. The van der Waals surface area contributed by atoms with E-state index in [1.54, 1.807) is 0 Å². The van der Waals surface area contributed by atoms with Crippen LogP contribution in [0.3, 0.4) is 0 Å². The van der Waals surface area contributed by atoms with E-state index in [9.17, 15) is 23.1 Å². The van der Waals surface area contributed by atoms with Crippen molar-refractivity contribution in [2.75, 3.05) is 6.54 Å². The lowest BCUT2D eigenvalue weighted by Crippen LogP contribution is -2.42. The average Bonchev–Trinajstić information content (AvgIpc) is 3.44. The number of carbonyl (C=O) groups excluding carboxylic acids is 1. The fourth-order valence-corrected chi connectivity index (χ4v) is 3.63. The quantitative estimate of drug-likeness (QED) is 0.645. The van der Waals surface area contributed by atoms with Gasteiger partial charge in [0.1, 0.15) is 6.04 Å². The first-order valence-corrected chi connectivity index (χ1v) is 9.48. The molecule has 1 aromatic rings. The number of nitrogens with one attached hydrogen (secondary N) is 2. The summed E-state index contributed by atoms with van der Waals surface area (Å²) in [7, 11) is -3.67. The van der Waals surface area contributed by atoms with Gasteiger partial charge in [-0.25, -0.2) is 17.9 Å². The Labute approximate surface area is 140 Å². The van der Waals surface area contributed by atoms with E-state index in [1.165, 1.54) is 24.3 Å². The molecule has 24 heavy (non-hydrogen) atoms. The minimum absolute atomic E-state index is 0.00842. The molecule has 3 rings (SSSR count). The predicted octanol–water partition coefficient (Wildman–Crippen LogP) is 0.968. The smallest absolute Gasteiger partial charge is 0.326 e. The first kappa shape index (κ1) is 16.9. The van der Waals surface area contributed by atoms with Crippen LogP contribution in [0.1, 0.15) is 36.0 Å². The number of hydrogen-bond donors (Lipinski definition) is 3. The Balaban J connectivity index is 1.71. The van der Waals surface area contributed by atoms with E-state index in [4.69, 9.17) is 0 Å². The van der Waals surface area contributed by atoms with Gasteiger partial charge in [-0.2, -0.15) is 0 Å². The lowest BCUT2D eigenvalue weighted by atomic mass is 10.1. The van der Waals surface area contributed by atoms with E-state index in [2.05, 4.69) is 10.0 Å². The summed E-state index contributed by atoms with van der Waals surface area (Å²) in [6, 6.07) is 4.72. The summed E-state index contributed by atoms with van der Waals surface area (Å²) >= 11 is 0. The predicted molar refractivity (Wildman–Crippen MR) is 86.0 cm³/mol. The number of amides is 1. The molecule has 0 spiro atoms. The van der Waals surface area contributed by atoms with Crippen LogP contribution in [0.5, 0.6) is 0 Å². The van der Waals surface area contributed by atoms with Crippen LogP contribution < -0.4 is 10.0 Å². The Morgan fingerprint density at radius 1 is 1.21 bits per heavy atom. The van der Waals surface area contributed by atoms with E-state index >= 15 is 0 Å². The van der Waals surface area contributed by atoms with Gasteiger partial charge in [0.15, 0.2) is 0 Å². The minimum Gasteiger partial charge on any atom is -0.480 e. The maximum Gasteiger partial charge on any atom is 0.326 e. The van der Waals surface area contributed by atoms with Gasteiger partial charge in [-0.05, 0) is 55.7 Å². The molecule has 1 atom stereocenters. The van der Waals surface area contributed by atoms with Crippen molar-refractivity contribution < 1.29 is 23.1 Å². The molecular weight excluding hydrogens is 332 g/mol. The largest absolute Gasteiger partial charge is 0.480 e. The zero-order valence-corrected chi connectivity index (χ0v) is 13.9. The monoisotopic (exact) mass is 352 g/mol. The fourth-order valence-electron chi connectivity index (χ4n) is 2.47. The summed E-state index contributed by atoms with van der Waals surface area (Å²) in [6.45, 7) is 0.404. The van der Waals surface area contributed by atoms with Crippen molar-refractivity contribution in [1.29, 1.82) is 0 Å². The molecule has 0 heterocycles. The Morgan fingerprint density at radius 3 is 2.50 bits per heavy atom. The van der Waals surface area contributed by atoms with Crippen LogP contribution in [-0.2, 0) is 14.8 Å². The van der Waals surface area contributed by atoms with Crippen molar-refractivity contribution in [3.8, 4) is 0 Å². The molecule has 0 aromatic heterocycles. The van der Waals surface area contributed by atoms with Crippen molar-refractivity contribution in [2.45, 2.75) is 36.6 Å². The van der Waals surface area contributed by atoms with Crippen molar-refractivity contribution >= 4 is 21.9 Å². The second-order valence-electron chi connectivity index (χ2n) is 6.45. The third kappa shape index (κ3) is 4.12. The summed E-state index contributed by atoms with van der Waals surface area (Å²) in [4.78, 5) is 23.5. The standard InChI is InChI=1S/C16H20N2O5S/c19-15(18-14(16(20)21)11-6-7-11)12-2-1-3-13(8-12)24(22,23)17-9-10-4-5-10/h1-3,8,10-11,14,17H,4-7,9H2,(H,18,19)(H,20,21). The summed E-state index contributed by atoms with van der Waals surface area (Å²) in [5.74, 6) is -1.28. The second-order valence-corrected chi connectivity index (χ2v) is 8.22. The van der Waals surface area contributed by atoms with Crippen molar-refractivity contribution in [1.82, 2.24) is 10.0 Å². The number of carboxylic acid groups (broad SMARTS) is 1. The van der Waals surface area contributed by atoms with Crippen LogP contribution in [-0.4, -0.2) is 38.0 Å². The number of carbonyl (C=O) groups is 2. The highest BCUT2D eigenvalue weighted by atomic mass is 32.2. The van der Waals surface area contributed by atoms with E-state index < -0.39 is 27.9 Å². The molecule has 0 radical (unpaired) electrons. The Bertz CT molecular complexity index is 753. The second kappa shape index (κ2) is 6.52. The van der Waals surface area contributed by atoms with Gasteiger partial charge in [-0.15, -0.1) is 0 Å². The van der Waals surface area contributed by atoms with E-state index in [1.807, 2.05) is 0 Å². The van der Waals surface area contributed by atoms with Gasteiger partial charge >= 0.3 is 5.97 Å². The molecule has 130 valence electrons. The normalized spacial score (nSPS) is 18.8. The molecule has 3 N–H and O–H groups in total. The molecule has 8 heteroatoms. The van der Waals surface area contributed by atoms with Crippen LogP contribution in [0.25, 0.3) is 0 Å². The maximum atomic E-state index is 12.3. The summed E-state index contributed by atoms with van der Waals surface area (Å²) in [6.07, 6.45) is 3.61. The summed E-state index contributed by atoms with van der Waals surface area (Å²) in [5, 5.41) is 11.7. The molecule has 7 nitrogen and oxygen atoms in total. The molecule has 2 fully saturated rings. The van der Waals surface area contributed by atoms with Gasteiger partial charge in [0, 0.05) is 12.1 Å². The summed E-state index contributed by atoms with van der Waals surface area (Å²) < 4.78 is 27.0. The minimum atomic E-state index is -3.67. The van der Waals surface area contributed by atoms with Gasteiger partial charge in [-0.1, -0.05) is 6.07 Å². The fraction of sp³-hybridized carbons (Fsp3) is 0.500. The maximum absolute atomic E-state index is 12.3. The summed E-state index contributed by atoms with van der Waals surface area (Å²) in [5.41, 5.74) is 0.135. The lowest BCUT2D eigenvalue weighted by Gasteiger charge is -2.14. The van der Waals surface area contributed by atoms with E-state index in [-0.39, 0.29) is 16.4 Å². The molecule has 0 aliphatic heterocycles. The number of rotatable bonds is 8. The Kier molecular flexibility index (Phi) is 4.60. The number of hydrogen-bond acceptors (Lipinski definition) is 4. The van der Waals surface area contributed by atoms with Gasteiger partial charge in [0.25, 0.3) is 5.91 Å². The van der Waals surface area contributed by atoms with Crippen LogP contribution >= 0.6 is 0 Å².